The number of benzene rings is 2. The highest BCUT2D eigenvalue weighted by Crippen LogP contribution is 2.36. The van der Waals surface area contributed by atoms with Crippen LogP contribution in [0.3, 0.4) is 0 Å². The molecule has 1 aliphatic rings. The Morgan fingerprint density at radius 1 is 1.30 bits per heavy atom. The zero-order valence-corrected chi connectivity index (χ0v) is 23.8. The molecule has 12 nitrogen and oxygen atoms in total. The zero-order chi connectivity index (χ0) is 29.0. The number of ether oxygens (including phenoxy) is 2. The average molecular weight is 592 g/mol. The number of hydrogen-bond donors (Lipinski definition) is 2. The molecule has 40 heavy (non-hydrogen) atoms. The van der Waals surface area contributed by atoms with Gasteiger partial charge in [-0.1, -0.05) is 31.5 Å². The van der Waals surface area contributed by atoms with Crippen molar-refractivity contribution in [3.05, 3.63) is 68.9 Å². The third-order valence-corrected chi connectivity index (χ3v) is 7.85. The fourth-order valence-electron chi connectivity index (χ4n) is 4.06. The van der Waals surface area contributed by atoms with E-state index in [4.69, 9.17) is 21.1 Å². The Morgan fingerprint density at radius 2 is 2.08 bits per heavy atom. The molecule has 0 radical (unpaired) electrons. The number of nitrogens with one attached hydrogen (secondary N) is 2. The highest BCUT2D eigenvalue weighted by molar-refractivity contribution is 7.89. The minimum atomic E-state index is -4.21. The lowest BCUT2D eigenvalue weighted by atomic mass is 10.2. The van der Waals surface area contributed by atoms with E-state index in [1.165, 1.54) is 10.7 Å². The van der Waals surface area contributed by atoms with Crippen molar-refractivity contribution in [3.63, 3.8) is 0 Å². The number of nitro groups is 1. The average Bonchev–Trinajstić information content (AvgIpc) is 3.54. The summed E-state index contributed by atoms with van der Waals surface area (Å²) in [5, 5.41) is 19.1. The van der Waals surface area contributed by atoms with Crippen LogP contribution in [0.25, 0.3) is 5.69 Å². The number of aromatic nitrogens is 2. The predicted molar refractivity (Wildman–Crippen MR) is 148 cm³/mol. The van der Waals surface area contributed by atoms with Gasteiger partial charge in [0.25, 0.3) is 11.6 Å². The van der Waals surface area contributed by atoms with Gasteiger partial charge < -0.3 is 14.8 Å². The fourth-order valence-corrected chi connectivity index (χ4v) is 5.60. The lowest BCUT2D eigenvalue weighted by Crippen LogP contribution is -2.32. The summed E-state index contributed by atoms with van der Waals surface area (Å²) in [4.78, 5) is 23.5. The van der Waals surface area contributed by atoms with Crippen molar-refractivity contribution >= 4 is 33.2 Å². The lowest BCUT2D eigenvalue weighted by molar-refractivity contribution is -0.385. The largest absolute Gasteiger partial charge is 0.437 e. The number of carbonyl (C=O) groups is 1. The van der Waals surface area contributed by atoms with Crippen molar-refractivity contribution < 1.29 is 27.6 Å². The second-order valence-corrected chi connectivity index (χ2v) is 11.9. The van der Waals surface area contributed by atoms with Gasteiger partial charge >= 0.3 is 0 Å². The van der Waals surface area contributed by atoms with E-state index < -0.39 is 31.4 Å². The number of non-ortho nitro benzene ring substituents is 1. The first kappa shape index (κ1) is 29.5. The molecule has 214 valence electrons. The summed E-state index contributed by atoms with van der Waals surface area (Å²) in [5.74, 6) is -0.619. The van der Waals surface area contributed by atoms with E-state index in [1.807, 2.05) is 13.8 Å². The molecule has 3 aromatic rings. The third kappa shape index (κ3) is 6.78. The second kappa shape index (κ2) is 12.3. The summed E-state index contributed by atoms with van der Waals surface area (Å²) in [7, 11) is -4.21. The molecule has 1 saturated heterocycles. The standard InChI is InChI=1S/C26H30ClN5O7S/c1-16(2)14-29-40(36,37)23-13-20(32(34)35)9-10-22(23)39-26-17(3)24(25(33)28-15-21-8-5-11-38-21)30-31(26)19-7-4-6-18(27)12-19/h4,6-7,9-10,12-13,16,21,29H,5,8,11,14-15H2,1-3H3,(H,28,33)/t21-/m1/s1. The van der Waals surface area contributed by atoms with Crippen molar-refractivity contribution in [1.29, 1.82) is 0 Å². The van der Waals surface area contributed by atoms with Crippen molar-refractivity contribution in [2.75, 3.05) is 19.7 Å². The number of rotatable bonds is 11. The summed E-state index contributed by atoms with van der Waals surface area (Å²) >= 11 is 6.20. The number of halogens is 1. The van der Waals surface area contributed by atoms with Gasteiger partial charge in [-0.05, 0) is 49.9 Å². The number of nitrogens with zero attached hydrogens (tertiary/aromatic N) is 3. The first-order valence-corrected chi connectivity index (χ1v) is 14.5. The number of sulfonamides is 1. The van der Waals surface area contributed by atoms with Crippen LogP contribution in [-0.2, 0) is 14.8 Å². The van der Waals surface area contributed by atoms with E-state index in [1.54, 1.807) is 31.2 Å². The Kier molecular flexibility index (Phi) is 9.08. The Balaban J connectivity index is 1.78. The molecule has 0 spiro atoms. The van der Waals surface area contributed by atoms with Crippen LogP contribution in [0, 0.1) is 23.0 Å². The summed E-state index contributed by atoms with van der Waals surface area (Å²) < 4.78 is 41.9. The summed E-state index contributed by atoms with van der Waals surface area (Å²) in [6.45, 7) is 6.33. The molecule has 14 heteroatoms. The minimum Gasteiger partial charge on any atom is -0.437 e. The van der Waals surface area contributed by atoms with Gasteiger partial charge in [-0.2, -0.15) is 9.78 Å². The third-order valence-electron chi connectivity index (χ3n) is 6.17. The monoisotopic (exact) mass is 591 g/mol. The van der Waals surface area contributed by atoms with Crippen LogP contribution in [0.4, 0.5) is 5.69 Å². The Hall–Kier alpha value is -3.52. The summed E-state index contributed by atoms with van der Waals surface area (Å²) in [6.07, 6.45) is 1.68. The maximum atomic E-state index is 13.2. The van der Waals surface area contributed by atoms with Crippen LogP contribution in [0.5, 0.6) is 11.6 Å². The molecule has 0 saturated carbocycles. The van der Waals surface area contributed by atoms with Crippen LogP contribution in [0.2, 0.25) is 5.02 Å². The molecule has 1 aromatic heterocycles. The maximum absolute atomic E-state index is 13.2. The smallest absolute Gasteiger partial charge is 0.272 e. The highest BCUT2D eigenvalue weighted by atomic mass is 35.5. The molecule has 0 aliphatic carbocycles. The van der Waals surface area contributed by atoms with Crippen LogP contribution in [-0.4, -0.2) is 54.8 Å². The minimum absolute atomic E-state index is 0.0138. The molecule has 2 aromatic carbocycles. The normalized spacial score (nSPS) is 15.4. The zero-order valence-electron chi connectivity index (χ0n) is 22.2. The molecule has 1 aliphatic heterocycles. The topological polar surface area (TPSA) is 155 Å². The number of carbonyl (C=O) groups excluding carboxylic acids is 1. The van der Waals surface area contributed by atoms with Crippen LogP contribution in [0.15, 0.2) is 47.4 Å². The van der Waals surface area contributed by atoms with Gasteiger partial charge in [-0.3, -0.25) is 14.9 Å². The molecule has 0 bridgehead atoms. The maximum Gasteiger partial charge on any atom is 0.272 e. The van der Waals surface area contributed by atoms with Gasteiger partial charge in [0.1, 0.15) is 10.6 Å². The SMILES string of the molecule is Cc1c(C(=O)NC[C@H]2CCCO2)nn(-c2cccc(Cl)c2)c1Oc1ccc([N+](=O)[O-])cc1S(=O)(=O)NCC(C)C. The summed E-state index contributed by atoms with van der Waals surface area (Å²) in [5.41, 5.74) is 0.401. The molecular weight excluding hydrogens is 562 g/mol. The molecule has 1 atom stereocenters. The van der Waals surface area contributed by atoms with Gasteiger partial charge in [0, 0.05) is 42.4 Å². The van der Waals surface area contributed by atoms with Gasteiger partial charge in [0.15, 0.2) is 5.69 Å². The van der Waals surface area contributed by atoms with Crippen molar-refractivity contribution in [2.45, 2.75) is 44.6 Å². The molecule has 0 unspecified atom stereocenters. The highest BCUT2D eigenvalue weighted by Gasteiger charge is 2.28. The lowest BCUT2D eigenvalue weighted by Gasteiger charge is -2.15. The van der Waals surface area contributed by atoms with E-state index in [0.717, 1.165) is 25.0 Å². The Bertz CT molecular complexity index is 1520. The fraction of sp³-hybridized carbons (Fsp3) is 0.385. The summed E-state index contributed by atoms with van der Waals surface area (Å²) in [6, 6.07) is 9.92. The molecular formula is C26H30ClN5O7S. The van der Waals surface area contributed by atoms with Gasteiger partial charge in [0.05, 0.1) is 16.7 Å². The first-order chi connectivity index (χ1) is 19.0. The second-order valence-electron chi connectivity index (χ2n) is 9.75. The van der Waals surface area contributed by atoms with Crippen LogP contribution < -0.4 is 14.8 Å². The van der Waals surface area contributed by atoms with Crippen LogP contribution >= 0.6 is 11.6 Å². The predicted octanol–water partition coefficient (Wildman–Crippen LogP) is 4.38. The Labute approximate surface area is 236 Å². The molecule has 2 N–H and O–H groups in total. The number of nitro benzene ring substituents is 1. The van der Waals surface area contributed by atoms with Gasteiger partial charge in [-0.15, -0.1) is 0 Å². The Morgan fingerprint density at radius 3 is 2.73 bits per heavy atom. The van der Waals surface area contributed by atoms with E-state index in [9.17, 15) is 23.3 Å². The van der Waals surface area contributed by atoms with Crippen molar-refractivity contribution in [1.82, 2.24) is 19.8 Å². The van der Waals surface area contributed by atoms with Crippen molar-refractivity contribution in [2.24, 2.45) is 5.92 Å². The van der Waals surface area contributed by atoms with E-state index in [-0.39, 0.29) is 35.9 Å². The van der Waals surface area contributed by atoms with Crippen molar-refractivity contribution in [3.8, 4) is 17.3 Å². The molecule has 1 fully saturated rings. The molecule has 2 heterocycles. The number of amides is 1. The number of hydrogen-bond acceptors (Lipinski definition) is 8. The van der Waals surface area contributed by atoms with Gasteiger partial charge in [0.2, 0.25) is 15.9 Å². The molecule has 1 amide bonds. The van der Waals surface area contributed by atoms with E-state index in [2.05, 4.69) is 15.1 Å². The van der Waals surface area contributed by atoms with E-state index >= 15 is 0 Å². The van der Waals surface area contributed by atoms with E-state index in [0.29, 0.717) is 29.4 Å². The van der Waals surface area contributed by atoms with Crippen LogP contribution in [0.1, 0.15) is 42.7 Å². The van der Waals surface area contributed by atoms with Gasteiger partial charge in [-0.25, -0.2) is 13.1 Å². The molecule has 4 rings (SSSR count). The quantitative estimate of drug-likeness (QED) is 0.246. The first-order valence-electron chi connectivity index (χ1n) is 12.7.